The lowest BCUT2D eigenvalue weighted by molar-refractivity contribution is -0.146. The summed E-state index contributed by atoms with van der Waals surface area (Å²) in [6.07, 6.45) is -0.0152. The molecular weight excluding hydrogens is 434 g/mol. The van der Waals surface area contributed by atoms with Crippen LogP contribution in [0.1, 0.15) is 23.7 Å². The van der Waals surface area contributed by atoms with Crippen molar-refractivity contribution in [3.05, 3.63) is 32.7 Å². The minimum atomic E-state index is -0.954. The summed E-state index contributed by atoms with van der Waals surface area (Å²) in [5, 5.41) is 2.60. The van der Waals surface area contributed by atoms with Gasteiger partial charge in [0.1, 0.15) is 6.04 Å². The minimum absolute atomic E-state index is 0.0152. The molecule has 23 heavy (non-hydrogen) atoms. The highest BCUT2D eigenvalue weighted by atomic mass is 79.9. The van der Waals surface area contributed by atoms with Crippen molar-refractivity contribution in [2.24, 2.45) is 5.92 Å². The number of benzene rings is 1. The number of ether oxygens (including phenoxy) is 2. The van der Waals surface area contributed by atoms with Crippen LogP contribution in [-0.2, 0) is 19.1 Å². The van der Waals surface area contributed by atoms with Crippen molar-refractivity contribution in [2.45, 2.75) is 19.4 Å². The Bertz CT molecular complexity index is 585. The lowest BCUT2D eigenvalue weighted by atomic mass is 9.98. The van der Waals surface area contributed by atoms with E-state index in [1.54, 1.807) is 25.1 Å². The van der Waals surface area contributed by atoms with Crippen LogP contribution in [0.15, 0.2) is 27.1 Å². The average molecular weight is 451 g/mol. The van der Waals surface area contributed by atoms with Gasteiger partial charge in [-0.1, -0.05) is 38.8 Å². The number of carbonyl (C=O) groups is 3. The molecule has 1 rings (SSSR count). The van der Waals surface area contributed by atoms with Crippen LogP contribution in [0.4, 0.5) is 0 Å². The van der Waals surface area contributed by atoms with Crippen molar-refractivity contribution in [1.82, 2.24) is 5.32 Å². The summed E-state index contributed by atoms with van der Waals surface area (Å²) >= 11 is 6.60. The molecule has 0 unspecified atom stereocenters. The molecule has 0 bridgehead atoms. The highest BCUT2D eigenvalue weighted by Crippen LogP contribution is 2.20. The Morgan fingerprint density at radius 2 is 1.65 bits per heavy atom. The Labute approximate surface area is 151 Å². The van der Waals surface area contributed by atoms with Gasteiger partial charge in [-0.25, -0.2) is 4.79 Å². The molecule has 0 saturated carbocycles. The maximum Gasteiger partial charge on any atom is 0.328 e. The van der Waals surface area contributed by atoms with Crippen LogP contribution in [0.2, 0.25) is 0 Å². The van der Waals surface area contributed by atoms with E-state index >= 15 is 0 Å². The first-order valence-corrected chi connectivity index (χ1v) is 8.28. The minimum Gasteiger partial charge on any atom is -0.469 e. The van der Waals surface area contributed by atoms with Crippen LogP contribution >= 0.6 is 31.9 Å². The van der Waals surface area contributed by atoms with Crippen molar-refractivity contribution in [3.63, 3.8) is 0 Å². The van der Waals surface area contributed by atoms with Gasteiger partial charge >= 0.3 is 11.9 Å². The van der Waals surface area contributed by atoms with Gasteiger partial charge in [0.15, 0.2) is 0 Å². The highest BCUT2D eigenvalue weighted by molar-refractivity contribution is 9.11. The molecule has 2 atom stereocenters. The highest BCUT2D eigenvalue weighted by Gasteiger charge is 2.30. The van der Waals surface area contributed by atoms with E-state index in [4.69, 9.17) is 4.74 Å². The Hall–Kier alpha value is -1.41. The first-order chi connectivity index (χ1) is 10.8. The Morgan fingerprint density at radius 1 is 1.09 bits per heavy atom. The Morgan fingerprint density at radius 3 is 2.13 bits per heavy atom. The van der Waals surface area contributed by atoms with E-state index in [9.17, 15) is 14.4 Å². The smallest absolute Gasteiger partial charge is 0.328 e. The van der Waals surface area contributed by atoms with Gasteiger partial charge in [-0.2, -0.15) is 0 Å². The first kappa shape index (κ1) is 19.6. The van der Waals surface area contributed by atoms with Gasteiger partial charge in [0, 0.05) is 14.5 Å². The molecule has 1 amide bonds. The number of hydrogen-bond donors (Lipinski definition) is 1. The van der Waals surface area contributed by atoms with E-state index in [-0.39, 0.29) is 6.42 Å². The number of rotatable bonds is 6. The monoisotopic (exact) mass is 449 g/mol. The molecule has 0 spiro atoms. The van der Waals surface area contributed by atoms with E-state index in [0.717, 1.165) is 0 Å². The lowest BCUT2D eigenvalue weighted by Gasteiger charge is -2.22. The van der Waals surface area contributed by atoms with Gasteiger partial charge < -0.3 is 14.8 Å². The number of hydrogen-bond acceptors (Lipinski definition) is 5. The summed E-state index contributed by atoms with van der Waals surface area (Å²) in [5.41, 5.74) is 0.366. The molecule has 0 saturated heterocycles. The normalized spacial score (nSPS) is 12.9. The summed E-state index contributed by atoms with van der Waals surface area (Å²) in [5.74, 6) is -2.01. The topological polar surface area (TPSA) is 81.7 Å². The van der Waals surface area contributed by atoms with Crippen LogP contribution in [0.5, 0.6) is 0 Å². The molecule has 0 aromatic heterocycles. The molecule has 6 nitrogen and oxygen atoms in total. The van der Waals surface area contributed by atoms with Crippen LogP contribution in [0, 0.1) is 5.92 Å². The maximum absolute atomic E-state index is 12.4. The molecule has 0 aliphatic carbocycles. The first-order valence-electron chi connectivity index (χ1n) is 6.70. The lowest BCUT2D eigenvalue weighted by Crippen LogP contribution is -2.46. The summed E-state index contributed by atoms with van der Waals surface area (Å²) in [7, 11) is 2.49. The fourth-order valence-electron chi connectivity index (χ4n) is 1.93. The summed E-state index contributed by atoms with van der Waals surface area (Å²) in [6.45, 7) is 1.66. The van der Waals surface area contributed by atoms with E-state index in [0.29, 0.717) is 14.5 Å². The number of methoxy groups -OCH3 is 2. The van der Waals surface area contributed by atoms with Crippen molar-refractivity contribution >= 4 is 49.7 Å². The zero-order chi connectivity index (χ0) is 17.6. The number of halogens is 2. The SMILES string of the molecule is COC(=O)C[C@H](C)[C@H](NC(=O)c1cc(Br)cc(Br)c1)C(=O)OC. The predicted molar refractivity (Wildman–Crippen MR) is 90.9 cm³/mol. The second-order valence-corrected chi connectivity index (χ2v) is 6.72. The van der Waals surface area contributed by atoms with Crippen molar-refractivity contribution in [1.29, 1.82) is 0 Å². The van der Waals surface area contributed by atoms with E-state index in [1.165, 1.54) is 14.2 Å². The van der Waals surface area contributed by atoms with Crippen molar-refractivity contribution in [3.8, 4) is 0 Å². The quantitative estimate of drug-likeness (QED) is 0.673. The molecule has 0 radical (unpaired) electrons. The van der Waals surface area contributed by atoms with Gasteiger partial charge in [-0.05, 0) is 24.1 Å². The summed E-state index contributed by atoms with van der Waals surface area (Å²) in [6, 6.07) is 4.08. The van der Waals surface area contributed by atoms with E-state index in [2.05, 4.69) is 41.9 Å². The molecule has 126 valence electrons. The second-order valence-electron chi connectivity index (χ2n) is 4.89. The fourth-order valence-corrected chi connectivity index (χ4v) is 3.23. The largest absolute Gasteiger partial charge is 0.469 e. The van der Waals surface area contributed by atoms with E-state index < -0.39 is 29.8 Å². The zero-order valence-electron chi connectivity index (χ0n) is 12.9. The summed E-state index contributed by atoms with van der Waals surface area (Å²) < 4.78 is 10.7. The second kappa shape index (κ2) is 9.02. The molecule has 1 N–H and O–H groups in total. The van der Waals surface area contributed by atoms with Crippen molar-refractivity contribution < 1.29 is 23.9 Å². The van der Waals surface area contributed by atoms with Gasteiger partial charge in [0.2, 0.25) is 0 Å². The van der Waals surface area contributed by atoms with Gasteiger partial charge in [0.25, 0.3) is 5.91 Å². The molecule has 0 heterocycles. The molecule has 1 aromatic carbocycles. The molecule has 0 aliphatic rings. The number of nitrogens with one attached hydrogen (secondary N) is 1. The third-order valence-electron chi connectivity index (χ3n) is 3.15. The maximum atomic E-state index is 12.4. The standard InChI is InChI=1S/C15H17Br2NO5/c1-8(4-12(19)22-2)13(15(21)23-3)18-14(20)9-5-10(16)7-11(17)6-9/h5-8,13H,4H2,1-3H3,(H,18,20)/t8-,13-/m0/s1. The number of esters is 2. The number of carbonyl (C=O) groups excluding carboxylic acids is 3. The van der Waals surface area contributed by atoms with Gasteiger partial charge in [0.05, 0.1) is 20.6 Å². The average Bonchev–Trinajstić information content (AvgIpc) is 2.50. The molecule has 8 heteroatoms. The Kier molecular flexibility index (Phi) is 7.70. The molecule has 1 aromatic rings. The molecule has 0 aliphatic heterocycles. The van der Waals surface area contributed by atoms with Crippen LogP contribution < -0.4 is 5.32 Å². The zero-order valence-corrected chi connectivity index (χ0v) is 16.1. The van der Waals surface area contributed by atoms with E-state index in [1.807, 2.05) is 0 Å². The van der Waals surface area contributed by atoms with Gasteiger partial charge in [-0.15, -0.1) is 0 Å². The fraction of sp³-hybridized carbons (Fsp3) is 0.400. The van der Waals surface area contributed by atoms with Crippen molar-refractivity contribution in [2.75, 3.05) is 14.2 Å². The predicted octanol–water partition coefficient (Wildman–Crippen LogP) is 2.68. The van der Waals surface area contributed by atoms with Crippen LogP contribution in [-0.4, -0.2) is 38.1 Å². The third-order valence-corrected chi connectivity index (χ3v) is 4.07. The molecular formula is C15H17Br2NO5. The Balaban J connectivity index is 2.94. The molecule has 0 fully saturated rings. The third kappa shape index (κ3) is 5.95. The summed E-state index contributed by atoms with van der Waals surface area (Å²) in [4.78, 5) is 35.7. The van der Waals surface area contributed by atoms with Crippen LogP contribution in [0.3, 0.4) is 0 Å². The number of amides is 1. The van der Waals surface area contributed by atoms with Gasteiger partial charge in [-0.3, -0.25) is 9.59 Å². The van der Waals surface area contributed by atoms with Crippen LogP contribution in [0.25, 0.3) is 0 Å².